The average molecular weight is 373 g/mol. The summed E-state index contributed by atoms with van der Waals surface area (Å²) in [5.74, 6) is -0.308. The van der Waals surface area contributed by atoms with Crippen molar-refractivity contribution in [1.82, 2.24) is 4.90 Å². The van der Waals surface area contributed by atoms with Crippen LogP contribution in [0.4, 0.5) is 4.39 Å². The molecule has 0 amide bonds. The standard InChI is InChI=1S/C14H14BrFN2S2/c1-18(7-10-4-13(15)20-8-10)6-9-2-11(14(17)19)5-12(16)3-9/h2-5,8H,6-7H2,1H3,(H2,17,19). The molecule has 2 nitrogen and oxygen atoms in total. The molecule has 0 bridgehead atoms. The van der Waals surface area contributed by atoms with Crippen LogP contribution in [0.1, 0.15) is 16.7 Å². The van der Waals surface area contributed by atoms with E-state index in [2.05, 4.69) is 32.3 Å². The molecule has 2 aromatic rings. The number of hydrogen-bond donors (Lipinski definition) is 1. The van der Waals surface area contributed by atoms with Crippen molar-refractivity contribution in [3.63, 3.8) is 0 Å². The van der Waals surface area contributed by atoms with Crippen LogP contribution in [0.5, 0.6) is 0 Å². The Bertz CT molecular complexity index is 627. The number of thiocarbonyl (C=S) groups is 1. The van der Waals surface area contributed by atoms with Gasteiger partial charge in [0.1, 0.15) is 10.8 Å². The van der Waals surface area contributed by atoms with Gasteiger partial charge in [0.15, 0.2) is 0 Å². The molecule has 0 saturated heterocycles. The number of rotatable bonds is 5. The molecular formula is C14H14BrFN2S2. The first kappa shape index (κ1) is 15.6. The van der Waals surface area contributed by atoms with Gasteiger partial charge in [-0.05, 0) is 63.8 Å². The zero-order valence-electron chi connectivity index (χ0n) is 10.9. The van der Waals surface area contributed by atoms with Gasteiger partial charge >= 0.3 is 0 Å². The fourth-order valence-electron chi connectivity index (χ4n) is 1.99. The van der Waals surface area contributed by atoms with E-state index in [-0.39, 0.29) is 10.8 Å². The van der Waals surface area contributed by atoms with E-state index >= 15 is 0 Å². The molecule has 20 heavy (non-hydrogen) atoms. The summed E-state index contributed by atoms with van der Waals surface area (Å²) in [6, 6.07) is 6.81. The van der Waals surface area contributed by atoms with Gasteiger partial charge in [-0.1, -0.05) is 12.2 Å². The topological polar surface area (TPSA) is 29.3 Å². The first-order valence-electron chi connectivity index (χ1n) is 5.95. The highest BCUT2D eigenvalue weighted by Crippen LogP contribution is 2.22. The van der Waals surface area contributed by atoms with Crippen LogP contribution in [-0.4, -0.2) is 16.9 Å². The smallest absolute Gasteiger partial charge is 0.124 e. The minimum Gasteiger partial charge on any atom is -0.389 e. The third-order valence-electron chi connectivity index (χ3n) is 2.77. The number of nitrogens with zero attached hydrogens (tertiary/aromatic N) is 1. The summed E-state index contributed by atoms with van der Waals surface area (Å²) in [4.78, 5) is 2.34. The quantitative estimate of drug-likeness (QED) is 0.806. The third kappa shape index (κ3) is 4.34. The van der Waals surface area contributed by atoms with E-state index in [1.807, 2.05) is 13.1 Å². The van der Waals surface area contributed by atoms with Crippen LogP contribution in [0.25, 0.3) is 0 Å². The Balaban J connectivity index is 2.07. The van der Waals surface area contributed by atoms with Crippen molar-refractivity contribution in [2.75, 3.05) is 7.05 Å². The minimum atomic E-state index is -0.308. The molecular weight excluding hydrogens is 359 g/mol. The highest BCUT2D eigenvalue weighted by Gasteiger charge is 2.07. The molecule has 0 aliphatic heterocycles. The van der Waals surface area contributed by atoms with Crippen molar-refractivity contribution >= 4 is 44.5 Å². The van der Waals surface area contributed by atoms with Gasteiger partial charge in [0, 0.05) is 18.7 Å². The normalized spacial score (nSPS) is 11.0. The lowest BCUT2D eigenvalue weighted by Gasteiger charge is -2.16. The Hall–Kier alpha value is -0.820. The molecule has 0 atom stereocenters. The molecule has 0 saturated carbocycles. The van der Waals surface area contributed by atoms with E-state index in [0.717, 1.165) is 15.9 Å². The summed E-state index contributed by atoms with van der Waals surface area (Å²) in [7, 11) is 2.00. The lowest BCUT2D eigenvalue weighted by Crippen LogP contribution is -2.18. The molecule has 106 valence electrons. The van der Waals surface area contributed by atoms with Crippen molar-refractivity contribution in [1.29, 1.82) is 0 Å². The van der Waals surface area contributed by atoms with E-state index < -0.39 is 0 Å². The number of nitrogens with two attached hydrogens (primary N) is 1. The molecule has 2 N–H and O–H groups in total. The first-order chi connectivity index (χ1) is 9.44. The first-order valence-corrected chi connectivity index (χ1v) is 8.03. The molecule has 0 unspecified atom stereocenters. The summed E-state index contributed by atoms with van der Waals surface area (Å²) in [5.41, 5.74) is 8.22. The SMILES string of the molecule is CN(Cc1cc(F)cc(C(N)=S)c1)Cc1csc(Br)c1. The van der Waals surface area contributed by atoms with E-state index in [1.165, 1.54) is 17.7 Å². The third-order valence-corrected chi connectivity index (χ3v) is 4.56. The van der Waals surface area contributed by atoms with Gasteiger partial charge in [-0.2, -0.15) is 0 Å². The molecule has 0 aliphatic carbocycles. The highest BCUT2D eigenvalue weighted by atomic mass is 79.9. The van der Waals surface area contributed by atoms with Crippen LogP contribution in [0, 0.1) is 5.82 Å². The summed E-state index contributed by atoms with van der Waals surface area (Å²) in [6.45, 7) is 1.45. The molecule has 0 fully saturated rings. The Kier molecular flexibility index (Phi) is 5.26. The molecule has 1 aromatic heterocycles. The van der Waals surface area contributed by atoms with Crippen LogP contribution >= 0.6 is 39.5 Å². The number of thiophene rings is 1. The average Bonchev–Trinajstić information content (AvgIpc) is 2.73. The summed E-state index contributed by atoms with van der Waals surface area (Å²) in [6.07, 6.45) is 0. The van der Waals surface area contributed by atoms with Gasteiger partial charge in [-0.25, -0.2) is 4.39 Å². The Morgan fingerprint density at radius 1 is 1.30 bits per heavy atom. The van der Waals surface area contributed by atoms with E-state index in [0.29, 0.717) is 12.1 Å². The van der Waals surface area contributed by atoms with Crippen LogP contribution < -0.4 is 5.73 Å². The van der Waals surface area contributed by atoms with Crippen LogP contribution in [0.2, 0.25) is 0 Å². The van der Waals surface area contributed by atoms with Gasteiger partial charge < -0.3 is 5.73 Å². The largest absolute Gasteiger partial charge is 0.389 e. The van der Waals surface area contributed by atoms with Gasteiger partial charge in [0.05, 0.1) is 3.79 Å². The predicted octanol–water partition coefficient (Wildman–Crippen LogP) is 3.92. The van der Waals surface area contributed by atoms with E-state index in [9.17, 15) is 4.39 Å². The maximum absolute atomic E-state index is 13.5. The van der Waals surface area contributed by atoms with Gasteiger partial charge in [-0.3, -0.25) is 4.90 Å². The molecule has 1 aromatic carbocycles. The maximum Gasteiger partial charge on any atom is 0.124 e. The van der Waals surface area contributed by atoms with Crippen molar-refractivity contribution in [2.24, 2.45) is 5.73 Å². The van der Waals surface area contributed by atoms with Gasteiger partial charge in [-0.15, -0.1) is 11.3 Å². The number of hydrogen-bond acceptors (Lipinski definition) is 3. The van der Waals surface area contributed by atoms with Crippen LogP contribution in [0.3, 0.4) is 0 Å². The molecule has 0 radical (unpaired) electrons. The summed E-state index contributed by atoms with van der Waals surface area (Å²) < 4.78 is 14.6. The van der Waals surface area contributed by atoms with E-state index in [1.54, 1.807) is 11.3 Å². The fraction of sp³-hybridized carbons (Fsp3) is 0.214. The van der Waals surface area contributed by atoms with Crippen molar-refractivity contribution in [3.8, 4) is 0 Å². The van der Waals surface area contributed by atoms with E-state index in [4.69, 9.17) is 18.0 Å². The molecule has 2 rings (SSSR count). The second kappa shape index (κ2) is 6.76. The molecule has 6 heteroatoms. The maximum atomic E-state index is 13.5. The molecule has 0 aliphatic rings. The molecule has 0 spiro atoms. The second-order valence-corrected chi connectivity index (χ2v) is 7.37. The van der Waals surface area contributed by atoms with Gasteiger partial charge in [0.25, 0.3) is 0 Å². The Morgan fingerprint density at radius 3 is 2.60 bits per heavy atom. The zero-order chi connectivity index (χ0) is 14.7. The lowest BCUT2D eigenvalue weighted by atomic mass is 10.1. The van der Waals surface area contributed by atoms with Crippen molar-refractivity contribution < 1.29 is 4.39 Å². The Morgan fingerprint density at radius 2 is 2.00 bits per heavy atom. The number of benzene rings is 1. The molecule has 1 heterocycles. The van der Waals surface area contributed by atoms with Gasteiger partial charge in [0.2, 0.25) is 0 Å². The van der Waals surface area contributed by atoms with Crippen molar-refractivity contribution in [3.05, 3.63) is 55.9 Å². The summed E-state index contributed by atoms with van der Waals surface area (Å²) in [5, 5.41) is 2.10. The summed E-state index contributed by atoms with van der Waals surface area (Å²) >= 11 is 10.0. The predicted molar refractivity (Wildman–Crippen MR) is 89.5 cm³/mol. The Labute approximate surface area is 135 Å². The minimum absolute atomic E-state index is 0.218. The fourth-order valence-corrected chi connectivity index (χ4v) is 3.31. The van der Waals surface area contributed by atoms with Crippen LogP contribution in [-0.2, 0) is 13.1 Å². The second-order valence-electron chi connectivity index (χ2n) is 4.64. The van der Waals surface area contributed by atoms with Crippen molar-refractivity contribution in [2.45, 2.75) is 13.1 Å². The van der Waals surface area contributed by atoms with Crippen LogP contribution in [0.15, 0.2) is 33.4 Å². The lowest BCUT2D eigenvalue weighted by molar-refractivity contribution is 0.319. The number of halogens is 2. The highest BCUT2D eigenvalue weighted by molar-refractivity contribution is 9.11. The zero-order valence-corrected chi connectivity index (χ0v) is 14.1. The monoisotopic (exact) mass is 372 g/mol.